The summed E-state index contributed by atoms with van der Waals surface area (Å²) >= 11 is 6.30. The number of nitrogens with one attached hydrogen (secondary N) is 1. The second kappa shape index (κ2) is 10.0. The predicted molar refractivity (Wildman–Crippen MR) is 125 cm³/mol. The summed E-state index contributed by atoms with van der Waals surface area (Å²) in [6, 6.07) is 11.1. The predicted octanol–water partition coefficient (Wildman–Crippen LogP) is 5.14. The molecule has 35 heavy (non-hydrogen) atoms. The molecule has 4 rings (SSSR count). The van der Waals surface area contributed by atoms with Crippen molar-refractivity contribution in [3.63, 3.8) is 0 Å². The zero-order chi connectivity index (χ0) is 25.2. The molecule has 0 bridgehead atoms. The summed E-state index contributed by atoms with van der Waals surface area (Å²) in [5.74, 6) is 0.220. The lowest BCUT2D eigenvalue weighted by Crippen LogP contribution is -2.23. The lowest BCUT2D eigenvalue weighted by atomic mass is 10.1. The zero-order valence-electron chi connectivity index (χ0n) is 18.9. The first kappa shape index (κ1) is 24.6. The van der Waals surface area contributed by atoms with Crippen molar-refractivity contribution in [1.82, 2.24) is 19.6 Å². The van der Waals surface area contributed by atoms with Gasteiger partial charge in [-0.05, 0) is 50.0 Å². The summed E-state index contributed by atoms with van der Waals surface area (Å²) < 4.78 is 53.2. The average Bonchev–Trinajstić information content (AvgIpc) is 3.45. The first-order chi connectivity index (χ1) is 16.6. The number of rotatable bonds is 8. The molecule has 0 saturated carbocycles. The average molecular weight is 507 g/mol. The minimum atomic E-state index is -4.72. The van der Waals surface area contributed by atoms with Gasteiger partial charge in [-0.2, -0.15) is 13.2 Å². The third-order valence-corrected chi connectivity index (χ3v) is 5.53. The first-order valence-corrected chi connectivity index (χ1v) is 11.0. The minimum Gasteiger partial charge on any atom is -0.492 e. The normalized spacial score (nSPS) is 11.9. The number of ether oxygens (including phenoxy) is 1. The van der Waals surface area contributed by atoms with Gasteiger partial charge in [0.05, 0.1) is 11.8 Å². The standard InChI is InChI=1S/C24H22ClF3N4O3/c1-31(2)9-11-34-17-7-5-15(6-8-17)13-29-23(33)20-21(25)32-14-16(19-4-3-10-35-19)12-18(22(32)30-20)24(26,27)28/h3-8,10,12,14H,9,11,13H2,1-2H3,(H,29,33). The summed E-state index contributed by atoms with van der Waals surface area (Å²) in [5.41, 5.74) is -0.889. The van der Waals surface area contributed by atoms with E-state index in [0.29, 0.717) is 12.4 Å². The molecule has 0 saturated heterocycles. The van der Waals surface area contributed by atoms with Crippen molar-refractivity contribution in [1.29, 1.82) is 0 Å². The van der Waals surface area contributed by atoms with E-state index in [2.05, 4.69) is 10.3 Å². The zero-order valence-corrected chi connectivity index (χ0v) is 19.7. The quantitative estimate of drug-likeness (QED) is 0.358. The van der Waals surface area contributed by atoms with E-state index in [-0.39, 0.29) is 28.7 Å². The van der Waals surface area contributed by atoms with Crippen LogP contribution in [0.5, 0.6) is 5.75 Å². The lowest BCUT2D eigenvalue weighted by Gasteiger charge is -2.11. The molecule has 0 atom stereocenters. The van der Waals surface area contributed by atoms with Gasteiger partial charge in [-0.1, -0.05) is 23.7 Å². The smallest absolute Gasteiger partial charge is 0.420 e. The second-order valence-electron chi connectivity index (χ2n) is 8.04. The summed E-state index contributed by atoms with van der Waals surface area (Å²) in [6.45, 7) is 1.44. The van der Waals surface area contributed by atoms with Gasteiger partial charge in [0.2, 0.25) is 0 Å². The molecule has 3 aromatic heterocycles. The Balaban J connectivity index is 1.54. The number of alkyl halides is 3. The minimum absolute atomic E-state index is 0.130. The van der Waals surface area contributed by atoms with E-state index < -0.39 is 23.3 Å². The van der Waals surface area contributed by atoms with Gasteiger partial charge < -0.3 is 19.4 Å². The summed E-state index contributed by atoms with van der Waals surface area (Å²) in [7, 11) is 3.90. The Kier molecular flexibility index (Phi) is 7.04. The molecule has 1 N–H and O–H groups in total. The van der Waals surface area contributed by atoms with Gasteiger partial charge in [0.25, 0.3) is 5.91 Å². The highest BCUT2D eigenvalue weighted by Crippen LogP contribution is 2.37. The van der Waals surface area contributed by atoms with Crippen molar-refractivity contribution >= 4 is 23.2 Å². The largest absolute Gasteiger partial charge is 0.492 e. The van der Waals surface area contributed by atoms with Crippen molar-refractivity contribution in [3.8, 4) is 17.1 Å². The van der Waals surface area contributed by atoms with Crippen LogP contribution >= 0.6 is 11.6 Å². The van der Waals surface area contributed by atoms with Gasteiger partial charge in [-0.15, -0.1) is 0 Å². The number of hydrogen-bond acceptors (Lipinski definition) is 5. The van der Waals surface area contributed by atoms with Gasteiger partial charge >= 0.3 is 6.18 Å². The number of furan rings is 1. The van der Waals surface area contributed by atoms with Crippen LogP contribution in [-0.4, -0.2) is 47.4 Å². The van der Waals surface area contributed by atoms with Crippen LogP contribution in [0.4, 0.5) is 13.2 Å². The highest BCUT2D eigenvalue weighted by molar-refractivity contribution is 6.33. The number of hydrogen-bond donors (Lipinski definition) is 1. The third kappa shape index (κ3) is 5.60. The molecule has 0 aliphatic rings. The Morgan fingerprint density at radius 3 is 2.60 bits per heavy atom. The number of likely N-dealkylation sites (N-methyl/N-ethyl adjacent to an activating group) is 1. The second-order valence-corrected chi connectivity index (χ2v) is 8.40. The number of nitrogens with zero attached hydrogens (tertiary/aromatic N) is 3. The van der Waals surface area contributed by atoms with Crippen LogP contribution < -0.4 is 10.1 Å². The van der Waals surface area contributed by atoms with Gasteiger partial charge in [-0.25, -0.2) is 4.98 Å². The van der Waals surface area contributed by atoms with E-state index in [0.717, 1.165) is 22.6 Å². The number of carbonyl (C=O) groups is 1. The van der Waals surface area contributed by atoms with E-state index in [1.54, 1.807) is 30.3 Å². The maximum Gasteiger partial charge on any atom is 0.420 e. The Labute approximate surface area is 204 Å². The van der Waals surface area contributed by atoms with Crippen molar-refractivity contribution in [2.24, 2.45) is 0 Å². The summed E-state index contributed by atoms with van der Waals surface area (Å²) in [6.07, 6.45) is -2.02. The molecule has 0 unspecified atom stereocenters. The Bertz CT molecular complexity index is 1320. The van der Waals surface area contributed by atoms with Crippen molar-refractivity contribution in [3.05, 3.63) is 76.9 Å². The Morgan fingerprint density at radius 1 is 1.23 bits per heavy atom. The van der Waals surface area contributed by atoms with Crippen molar-refractivity contribution in [2.75, 3.05) is 27.2 Å². The SMILES string of the molecule is CN(C)CCOc1ccc(CNC(=O)c2nc3c(C(F)(F)F)cc(-c4ccco4)cn3c2Cl)cc1. The number of halogens is 4. The van der Waals surface area contributed by atoms with E-state index >= 15 is 0 Å². The Morgan fingerprint density at radius 2 is 1.97 bits per heavy atom. The van der Waals surface area contributed by atoms with Gasteiger partial charge in [0.15, 0.2) is 11.3 Å². The fourth-order valence-corrected chi connectivity index (χ4v) is 3.62. The molecule has 1 aromatic carbocycles. The molecule has 0 fully saturated rings. The molecule has 0 aliphatic heterocycles. The Hall–Kier alpha value is -3.50. The monoisotopic (exact) mass is 506 g/mol. The first-order valence-electron chi connectivity index (χ1n) is 10.6. The highest BCUT2D eigenvalue weighted by atomic mass is 35.5. The van der Waals surface area contributed by atoms with Gasteiger partial charge in [0.1, 0.15) is 23.3 Å². The number of benzene rings is 1. The lowest BCUT2D eigenvalue weighted by molar-refractivity contribution is -0.136. The molecule has 3 heterocycles. The van der Waals surface area contributed by atoms with Gasteiger partial charge in [0, 0.05) is 24.8 Å². The van der Waals surface area contributed by atoms with Crippen LogP contribution in [-0.2, 0) is 12.7 Å². The molecule has 184 valence electrons. The molecule has 0 aliphatic carbocycles. The molecule has 4 aromatic rings. The topological polar surface area (TPSA) is 72.0 Å². The fraction of sp³-hybridized carbons (Fsp3) is 0.250. The number of aromatic nitrogens is 2. The van der Waals surface area contributed by atoms with E-state index in [4.69, 9.17) is 20.8 Å². The van der Waals surface area contributed by atoms with E-state index in [1.807, 2.05) is 19.0 Å². The van der Waals surface area contributed by atoms with Crippen LogP contribution in [0, 0.1) is 0 Å². The fourth-order valence-electron chi connectivity index (χ4n) is 3.36. The van der Waals surface area contributed by atoms with E-state index in [9.17, 15) is 18.0 Å². The number of imidazole rings is 1. The molecular weight excluding hydrogens is 485 g/mol. The summed E-state index contributed by atoms with van der Waals surface area (Å²) in [5, 5.41) is 2.41. The van der Waals surface area contributed by atoms with E-state index in [1.165, 1.54) is 18.5 Å². The van der Waals surface area contributed by atoms with Crippen LogP contribution in [0.25, 0.3) is 17.0 Å². The highest BCUT2D eigenvalue weighted by Gasteiger charge is 2.36. The molecule has 0 spiro atoms. The van der Waals surface area contributed by atoms with Crippen LogP contribution in [0.1, 0.15) is 21.6 Å². The maximum absolute atomic E-state index is 13.8. The third-order valence-electron chi connectivity index (χ3n) is 5.17. The van der Waals surface area contributed by atoms with Crippen molar-refractivity contribution in [2.45, 2.75) is 12.7 Å². The van der Waals surface area contributed by atoms with Crippen LogP contribution in [0.2, 0.25) is 5.15 Å². The van der Waals surface area contributed by atoms with Gasteiger partial charge in [-0.3, -0.25) is 9.20 Å². The number of pyridine rings is 1. The maximum atomic E-state index is 13.8. The molecule has 1 amide bonds. The number of carbonyl (C=O) groups excluding carboxylic acids is 1. The molecule has 7 nitrogen and oxygen atoms in total. The molecular formula is C24H22ClF3N4O3. The molecule has 0 radical (unpaired) electrons. The molecule has 11 heteroatoms. The number of fused-ring (bicyclic) bond motifs is 1. The van der Waals surface area contributed by atoms with Crippen LogP contribution in [0.3, 0.4) is 0 Å². The van der Waals surface area contributed by atoms with Crippen LogP contribution in [0.15, 0.2) is 59.3 Å². The van der Waals surface area contributed by atoms with Crippen molar-refractivity contribution < 1.29 is 27.1 Å². The summed E-state index contributed by atoms with van der Waals surface area (Å²) in [4.78, 5) is 18.7. The number of amides is 1.